The fraction of sp³-hybridized carbons (Fsp3) is 0.464. The van der Waals surface area contributed by atoms with Crippen molar-refractivity contribution in [3.63, 3.8) is 0 Å². The number of aryl methyl sites for hydroxylation is 1. The number of nitrogens with one attached hydrogen (secondary N) is 2. The molecule has 192 valence electrons. The molecule has 1 aliphatic heterocycles. The smallest absolute Gasteiger partial charge is 0.404 e. The average Bonchev–Trinajstić information content (AvgIpc) is 2.89. The van der Waals surface area contributed by atoms with Crippen LogP contribution >= 0.6 is 0 Å². The van der Waals surface area contributed by atoms with Gasteiger partial charge < -0.3 is 25.4 Å². The number of benzene rings is 1. The van der Waals surface area contributed by atoms with Crippen LogP contribution in [0.3, 0.4) is 0 Å². The molecule has 2 heterocycles. The molecule has 2 aliphatic rings. The second-order valence-electron chi connectivity index (χ2n) is 9.52. The maximum atomic E-state index is 13.4. The number of aromatic nitrogens is 1. The molecule has 0 atom stereocenters. The molecule has 3 N–H and O–H groups in total. The summed E-state index contributed by atoms with van der Waals surface area (Å²) in [6.07, 6.45) is 8.19. The second kappa shape index (κ2) is 11.5. The first-order valence-electron chi connectivity index (χ1n) is 12.8. The average molecular weight is 493 g/mol. The Hall–Kier alpha value is -3.55. The standard InChI is InChI=1S/C28H36N4O4/c1-4-32(21-14-12-20(13-15-21)31-28(34)35)25-11-7-10-23-22(25)9-6-5-8-19-16-18(2)30-27(36-3)24(19)17-29-26(23)33/h5-7,10-11,16,20-21,31H,4,8-9,12-15,17H2,1-3H3,(H,29,33)(H,34,35)/b6-5-. The van der Waals surface area contributed by atoms with Crippen LogP contribution in [0.5, 0.6) is 5.88 Å². The number of amides is 2. The lowest BCUT2D eigenvalue weighted by atomic mass is 9.89. The van der Waals surface area contributed by atoms with Crippen molar-refractivity contribution in [2.45, 2.75) is 71.0 Å². The Morgan fingerprint density at radius 2 is 1.94 bits per heavy atom. The lowest BCUT2D eigenvalue weighted by Crippen LogP contribution is -2.44. The van der Waals surface area contributed by atoms with Crippen LogP contribution in [0.15, 0.2) is 36.4 Å². The number of fused-ring (bicyclic) bond motifs is 2. The Balaban J connectivity index is 1.63. The number of anilines is 1. The van der Waals surface area contributed by atoms with Crippen LogP contribution in [-0.4, -0.2) is 47.8 Å². The molecule has 4 rings (SSSR count). The van der Waals surface area contributed by atoms with Crippen LogP contribution in [0.2, 0.25) is 0 Å². The lowest BCUT2D eigenvalue weighted by Gasteiger charge is -2.39. The van der Waals surface area contributed by atoms with Crippen LogP contribution in [0, 0.1) is 6.92 Å². The number of methoxy groups -OCH3 is 1. The van der Waals surface area contributed by atoms with E-state index in [4.69, 9.17) is 9.84 Å². The van der Waals surface area contributed by atoms with Gasteiger partial charge in [0.1, 0.15) is 0 Å². The highest BCUT2D eigenvalue weighted by atomic mass is 16.5. The highest BCUT2D eigenvalue weighted by molar-refractivity contribution is 5.97. The summed E-state index contributed by atoms with van der Waals surface area (Å²) in [5, 5.41) is 14.8. The van der Waals surface area contributed by atoms with Crippen molar-refractivity contribution in [2.24, 2.45) is 0 Å². The number of hydrogen-bond donors (Lipinski definition) is 3. The van der Waals surface area contributed by atoms with Gasteiger partial charge in [-0.15, -0.1) is 0 Å². The number of ether oxygens (including phenoxy) is 1. The maximum absolute atomic E-state index is 13.4. The van der Waals surface area contributed by atoms with Crippen molar-refractivity contribution in [3.8, 4) is 5.88 Å². The molecule has 1 fully saturated rings. The van der Waals surface area contributed by atoms with Gasteiger partial charge in [0.25, 0.3) is 5.91 Å². The zero-order valence-corrected chi connectivity index (χ0v) is 21.3. The second-order valence-corrected chi connectivity index (χ2v) is 9.52. The van der Waals surface area contributed by atoms with Crippen molar-refractivity contribution in [3.05, 3.63) is 64.4 Å². The van der Waals surface area contributed by atoms with E-state index in [1.807, 2.05) is 19.1 Å². The number of carboxylic acid groups (broad SMARTS) is 1. The predicted molar refractivity (Wildman–Crippen MR) is 140 cm³/mol. The number of rotatable bonds is 5. The molecular weight excluding hydrogens is 456 g/mol. The van der Waals surface area contributed by atoms with E-state index in [0.29, 0.717) is 30.5 Å². The van der Waals surface area contributed by atoms with E-state index in [1.165, 1.54) is 0 Å². The summed E-state index contributed by atoms with van der Waals surface area (Å²) in [6.45, 7) is 5.25. The van der Waals surface area contributed by atoms with Gasteiger partial charge in [-0.3, -0.25) is 4.79 Å². The van der Waals surface area contributed by atoms with Crippen molar-refractivity contribution >= 4 is 17.7 Å². The van der Waals surface area contributed by atoms with Gasteiger partial charge in [0.15, 0.2) is 0 Å². The molecule has 0 spiro atoms. The number of carbonyl (C=O) groups is 2. The Morgan fingerprint density at radius 1 is 1.19 bits per heavy atom. The maximum Gasteiger partial charge on any atom is 0.404 e. The fourth-order valence-corrected chi connectivity index (χ4v) is 5.55. The summed E-state index contributed by atoms with van der Waals surface area (Å²) in [7, 11) is 1.61. The lowest BCUT2D eigenvalue weighted by molar-refractivity contribution is 0.0949. The molecule has 2 aromatic rings. The predicted octanol–water partition coefficient (Wildman–Crippen LogP) is 4.39. The van der Waals surface area contributed by atoms with Gasteiger partial charge in [0.05, 0.1) is 7.11 Å². The van der Waals surface area contributed by atoms with Gasteiger partial charge in [0, 0.05) is 47.7 Å². The molecule has 1 aromatic heterocycles. The third-order valence-corrected chi connectivity index (χ3v) is 7.26. The van der Waals surface area contributed by atoms with Crippen LogP contribution in [0.4, 0.5) is 10.5 Å². The summed E-state index contributed by atoms with van der Waals surface area (Å²) >= 11 is 0. The van der Waals surface area contributed by atoms with E-state index >= 15 is 0 Å². The molecule has 0 radical (unpaired) electrons. The molecule has 0 saturated heterocycles. The van der Waals surface area contributed by atoms with Gasteiger partial charge in [-0.1, -0.05) is 18.2 Å². The SMILES string of the molecule is CCN(c1cccc2c1C/C=C\Cc1cc(C)nc(OC)c1CNC2=O)C1CCC(NC(=O)O)CC1. The van der Waals surface area contributed by atoms with E-state index < -0.39 is 6.09 Å². The summed E-state index contributed by atoms with van der Waals surface area (Å²) in [4.78, 5) is 31.4. The number of hydrogen-bond acceptors (Lipinski definition) is 5. The molecule has 8 nitrogen and oxygen atoms in total. The molecular formula is C28H36N4O4. The first kappa shape index (κ1) is 25.5. The Labute approximate surface area is 212 Å². The third kappa shape index (κ3) is 5.64. The molecule has 8 heteroatoms. The number of allylic oxidation sites excluding steroid dienone is 2. The Kier molecular flexibility index (Phi) is 8.13. The first-order valence-corrected chi connectivity index (χ1v) is 12.8. The molecule has 2 amide bonds. The van der Waals surface area contributed by atoms with Crippen LogP contribution in [0.25, 0.3) is 0 Å². The van der Waals surface area contributed by atoms with E-state index in [1.54, 1.807) is 7.11 Å². The minimum Gasteiger partial charge on any atom is -0.481 e. The van der Waals surface area contributed by atoms with E-state index in [0.717, 1.165) is 66.7 Å². The number of nitrogens with zero attached hydrogens (tertiary/aromatic N) is 2. The van der Waals surface area contributed by atoms with Gasteiger partial charge in [0.2, 0.25) is 5.88 Å². The normalized spacial score (nSPS) is 20.7. The van der Waals surface area contributed by atoms with E-state index in [9.17, 15) is 9.59 Å². The van der Waals surface area contributed by atoms with Gasteiger partial charge in [-0.2, -0.15) is 0 Å². The first-order chi connectivity index (χ1) is 17.4. The molecule has 36 heavy (non-hydrogen) atoms. The summed E-state index contributed by atoms with van der Waals surface area (Å²) in [5.41, 5.74) is 5.67. The highest BCUT2D eigenvalue weighted by Gasteiger charge is 2.28. The van der Waals surface area contributed by atoms with Crippen molar-refractivity contribution in [1.29, 1.82) is 0 Å². The topological polar surface area (TPSA) is 104 Å². The monoisotopic (exact) mass is 492 g/mol. The van der Waals surface area contributed by atoms with E-state index in [-0.39, 0.29) is 11.9 Å². The van der Waals surface area contributed by atoms with Crippen LogP contribution in [-0.2, 0) is 19.4 Å². The minimum atomic E-state index is -0.957. The van der Waals surface area contributed by atoms with Gasteiger partial charge in [-0.25, -0.2) is 9.78 Å². The zero-order chi connectivity index (χ0) is 25.7. The molecule has 0 bridgehead atoms. The van der Waals surface area contributed by atoms with Crippen molar-refractivity contribution in [2.75, 3.05) is 18.6 Å². The molecule has 0 unspecified atom stereocenters. The summed E-state index contributed by atoms with van der Waals surface area (Å²) < 4.78 is 5.53. The fourth-order valence-electron chi connectivity index (χ4n) is 5.55. The van der Waals surface area contributed by atoms with Crippen LogP contribution < -0.4 is 20.3 Å². The van der Waals surface area contributed by atoms with Gasteiger partial charge in [-0.05, 0) is 81.7 Å². The Morgan fingerprint density at radius 3 is 2.64 bits per heavy atom. The van der Waals surface area contributed by atoms with Gasteiger partial charge >= 0.3 is 6.09 Å². The quantitative estimate of drug-likeness (QED) is 0.535. The number of carbonyl (C=O) groups excluding carboxylic acids is 1. The minimum absolute atomic E-state index is 0.00957. The molecule has 1 aromatic carbocycles. The third-order valence-electron chi connectivity index (χ3n) is 7.26. The highest BCUT2D eigenvalue weighted by Crippen LogP contribution is 2.32. The molecule has 1 saturated carbocycles. The van der Waals surface area contributed by atoms with Crippen molar-refractivity contribution in [1.82, 2.24) is 15.6 Å². The largest absolute Gasteiger partial charge is 0.481 e. The zero-order valence-electron chi connectivity index (χ0n) is 21.3. The molecule has 1 aliphatic carbocycles. The number of pyridine rings is 1. The van der Waals surface area contributed by atoms with Crippen LogP contribution in [0.1, 0.15) is 65.3 Å². The van der Waals surface area contributed by atoms with Crippen molar-refractivity contribution < 1.29 is 19.4 Å². The Bertz CT molecular complexity index is 1140. The summed E-state index contributed by atoms with van der Waals surface area (Å²) in [6, 6.07) is 8.33. The summed E-state index contributed by atoms with van der Waals surface area (Å²) in [5.74, 6) is 0.443. The van der Waals surface area contributed by atoms with E-state index in [2.05, 4.69) is 51.7 Å².